The predicted octanol–water partition coefficient (Wildman–Crippen LogP) is 3.50. The number of halogens is 1. The molecule has 0 aliphatic carbocycles. The fourth-order valence-electron chi connectivity index (χ4n) is 3.39. The number of hydrogen-bond donors (Lipinski definition) is 2. The topological polar surface area (TPSA) is 46.4 Å². The van der Waals surface area contributed by atoms with Gasteiger partial charge in [0, 0.05) is 45.8 Å². The number of thiazole rings is 1. The van der Waals surface area contributed by atoms with Crippen LogP contribution in [0.2, 0.25) is 5.02 Å². The van der Waals surface area contributed by atoms with Gasteiger partial charge in [0.05, 0.1) is 13.1 Å². The van der Waals surface area contributed by atoms with Crippen LogP contribution in [0.4, 0.5) is 0 Å². The van der Waals surface area contributed by atoms with Crippen molar-refractivity contribution >= 4 is 40.2 Å². The lowest BCUT2D eigenvalue weighted by Crippen LogP contribution is -3.12. The number of hydrogen-bond acceptors (Lipinski definition) is 4. The van der Waals surface area contributed by atoms with Crippen molar-refractivity contribution in [1.82, 2.24) is 10.3 Å². The van der Waals surface area contributed by atoms with Gasteiger partial charge in [0.1, 0.15) is 17.2 Å². The number of likely N-dealkylation sites (tertiary alicyclic amines) is 1. The van der Waals surface area contributed by atoms with Crippen LogP contribution in [0.1, 0.15) is 28.9 Å². The Morgan fingerprint density at radius 3 is 2.67 bits per heavy atom. The summed E-state index contributed by atoms with van der Waals surface area (Å²) >= 11 is 9.11. The summed E-state index contributed by atoms with van der Waals surface area (Å²) < 4.78 is 0. The molecule has 1 saturated heterocycles. The molecule has 0 spiro atoms. The third kappa shape index (κ3) is 4.76. The number of thiophene rings is 1. The van der Waals surface area contributed by atoms with Crippen molar-refractivity contribution in [3.8, 4) is 10.6 Å². The second-order valence-electron chi connectivity index (χ2n) is 6.85. The number of quaternary nitrogens is 1. The zero-order valence-corrected chi connectivity index (χ0v) is 17.2. The van der Waals surface area contributed by atoms with E-state index in [1.54, 1.807) is 16.2 Å². The fourth-order valence-corrected chi connectivity index (χ4v) is 5.03. The maximum absolute atomic E-state index is 12.5. The van der Waals surface area contributed by atoms with E-state index in [-0.39, 0.29) is 11.9 Å². The molecule has 2 aromatic heterocycles. The Balaban J connectivity index is 1.27. The highest BCUT2D eigenvalue weighted by Crippen LogP contribution is 2.25. The molecule has 1 aromatic carbocycles. The molecule has 1 aliphatic heterocycles. The highest BCUT2D eigenvalue weighted by molar-refractivity contribution is 7.14. The van der Waals surface area contributed by atoms with E-state index in [9.17, 15) is 4.79 Å². The number of benzene rings is 1. The first kappa shape index (κ1) is 18.6. The minimum absolute atomic E-state index is 0.0566. The van der Waals surface area contributed by atoms with Crippen molar-refractivity contribution < 1.29 is 9.69 Å². The lowest BCUT2D eigenvalue weighted by molar-refractivity contribution is -0.918. The van der Waals surface area contributed by atoms with Crippen LogP contribution in [0.3, 0.4) is 0 Å². The Kier molecular flexibility index (Phi) is 5.88. The van der Waals surface area contributed by atoms with E-state index in [0.717, 1.165) is 48.1 Å². The standard InChI is InChI=1S/C20H20ClN3OS2/c21-16-3-1-14(2-4-16)11-24-8-5-17(6-9-24)22-19(25)18-13-27-20(23-18)15-7-10-26-12-15/h1-4,7,10,12-13,17H,5-6,8-9,11H2,(H,22,25)/p+1. The Hall–Kier alpha value is -1.73. The van der Waals surface area contributed by atoms with Gasteiger partial charge in [-0.05, 0) is 23.6 Å². The summed E-state index contributed by atoms with van der Waals surface area (Å²) in [6, 6.07) is 10.3. The summed E-state index contributed by atoms with van der Waals surface area (Å²) in [4.78, 5) is 18.6. The van der Waals surface area contributed by atoms with E-state index >= 15 is 0 Å². The number of rotatable bonds is 5. The van der Waals surface area contributed by atoms with E-state index < -0.39 is 0 Å². The van der Waals surface area contributed by atoms with Crippen LogP contribution in [-0.4, -0.2) is 30.0 Å². The van der Waals surface area contributed by atoms with E-state index in [0.29, 0.717) is 5.69 Å². The van der Waals surface area contributed by atoms with E-state index in [1.165, 1.54) is 16.9 Å². The first-order chi connectivity index (χ1) is 13.2. The van der Waals surface area contributed by atoms with Crippen molar-refractivity contribution in [2.45, 2.75) is 25.4 Å². The van der Waals surface area contributed by atoms with Crippen molar-refractivity contribution in [1.29, 1.82) is 0 Å². The monoisotopic (exact) mass is 418 g/mol. The molecule has 1 fully saturated rings. The lowest BCUT2D eigenvalue weighted by atomic mass is 10.0. The molecule has 140 valence electrons. The zero-order valence-electron chi connectivity index (χ0n) is 14.8. The predicted molar refractivity (Wildman–Crippen MR) is 112 cm³/mol. The van der Waals surface area contributed by atoms with Crippen molar-refractivity contribution in [3.05, 3.63) is 62.8 Å². The van der Waals surface area contributed by atoms with Crippen LogP contribution < -0.4 is 10.2 Å². The molecule has 0 radical (unpaired) electrons. The molecule has 1 amide bonds. The lowest BCUT2D eigenvalue weighted by Gasteiger charge is -2.29. The van der Waals surface area contributed by atoms with Gasteiger partial charge in [-0.1, -0.05) is 23.7 Å². The molecule has 1 aliphatic rings. The van der Waals surface area contributed by atoms with Crippen LogP contribution in [-0.2, 0) is 6.54 Å². The Morgan fingerprint density at radius 1 is 1.19 bits per heavy atom. The van der Waals surface area contributed by atoms with Gasteiger partial charge in [-0.2, -0.15) is 11.3 Å². The van der Waals surface area contributed by atoms with Crippen LogP contribution in [0.15, 0.2) is 46.5 Å². The van der Waals surface area contributed by atoms with E-state index in [4.69, 9.17) is 11.6 Å². The molecule has 0 saturated carbocycles. The molecular formula is C20H21ClN3OS2+. The van der Waals surface area contributed by atoms with E-state index in [2.05, 4.69) is 27.8 Å². The first-order valence-corrected chi connectivity index (χ1v) is 11.2. The second kappa shape index (κ2) is 8.52. The van der Waals surface area contributed by atoms with Crippen LogP contribution >= 0.6 is 34.3 Å². The van der Waals surface area contributed by atoms with Crippen LogP contribution in [0.25, 0.3) is 10.6 Å². The third-order valence-corrected chi connectivity index (χ3v) is 6.73. The number of aromatic nitrogens is 1. The minimum Gasteiger partial charge on any atom is -0.347 e. The smallest absolute Gasteiger partial charge is 0.270 e. The molecular weight excluding hydrogens is 398 g/mol. The zero-order chi connectivity index (χ0) is 18.6. The van der Waals surface area contributed by atoms with Crippen LogP contribution in [0, 0.1) is 0 Å². The molecule has 0 atom stereocenters. The summed E-state index contributed by atoms with van der Waals surface area (Å²) in [5.41, 5.74) is 2.92. The SMILES string of the molecule is O=C(NC1CC[NH+](Cc2ccc(Cl)cc2)CC1)c1csc(-c2ccsc2)n1. The summed E-state index contributed by atoms with van der Waals surface area (Å²) in [6.45, 7) is 3.13. The summed E-state index contributed by atoms with van der Waals surface area (Å²) in [6.07, 6.45) is 1.99. The summed E-state index contributed by atoms with van der Waals surface area (Å²) in [5, 5.41) is 10.8. The molecule has 27 heavy (non-hydrogen) atoms. The molecule has 3 aromatic rings. The fraction of sp³-hybridized carbons (Fsp3) is 0.300. The van der Waals surface area contributed by atoms with Gasteiger partial charge in [-0.3, -0.25) is 4.79 Å². The number of nitrogens with one attached hydrogen (secondary N) is 2. The minimum atomic E-state index is -0.0566. The Morgan fingerprint density at radius 2 is 1.96 bits per heavy atom. The van der Waals surface area contributed by atoms with Gasteiger partial charge in [-0.15, -0.1) is 11.3 Å². The highest BCUT2D eigenvalue weighted by Gasteiger charge is 2.24. The molecule has 0 unspecified atom stereocenters. The number of carbonyl (C=O) groups is 1. The maximum Gasteiger partial charge on any atom is 0.270 e. The highest BCUT2D eigenvalue weighted by atomic mass is 35.5. The van der Waals surface area contributed by atoms with Crippen molar-refractivity contribution in [2.75, 3.05) is 13.1 Å². The first-order valence-electron chi connectivity index (χ1n) is 9.04. The number of piperidine rings is 1. The average molecular weight is 419 g/mol. The van der Waals surface area contributed by atoms with E-state index in [1.807, 2.05) is 29.0 Å². The third-order valence-electron chi connectivity index (χ3n) is 4.90. The number of nitrogens with zero attached hydrogens (tertiary/aromatic N) is 1. The van der Waals surface area contributed by atoms with Crippen molar-refractivity contribution in [2.24, 2.45) is 0 Å². The molecule has 3 heterocycles. The number of carbonyl (C=O) groups excluding carboxylic acids is 1. The molecule has 4 nitrogen and oxygen atoms in total. The molecule has 0 bridgehead atoms. The number of amides is 1. The Bertz CT molecular complexity index is 884. The van der Waals surface area contributed by atoms with Gasteiger partial charge in [0.15, 0.2) is 0 Å². The second-order valence-corrected chi connectivity index (χ2v) is 8.93. The van der Waals surface area contributed by atoms with Crippen LogP contribution in [0.5, 0.6) is 0 Å². The Labute approximate surface area is 171 Å². The summed E-state index contributed by atoms with van der Waals surface area (Å²) in [7, 11) is 0. The largest absolute Gasteiger partial charge is 0.347 e. The normalized spacial score (nSPS) is 19.7. The summed E-state index contributed by atoms with van der Waals surface area (Å²) in [5.74, 6) is -0.0566. The van der Waals surface area contributed by atoms with Gasteiger partial charge in [-0.25, -0.2) is 4.98 Å². The van der Waals surface area contributed by atoms with Gasteiger partial charge in [0.25, 0.3) is 5.91 Å². The quantitative estimate of drug-likeness (QED) is 0.666. The van der Waals surface area contributed by atoms with Gasteiger partial charge >= 0.3 is 0 Å². The van der Waals surface area contributed by atoms with Gasteiger partial charge < -0.3 is 10.2 Å². The van der Waals surface area contributed by atoms with Gasteiger partial charge in [0.2, 0.25) is 0 Å². The van der Waals surface area contributed by atoms with Crippen molar-refractivity contribution in [3.63, 3.8) is 0 Å². The average Bonchev–Trinajstić information content (AvgIpc) is 3.36. The molecule has 4 rings (SSSR count). The molecule has 7 heteroatoms. The molecule has 2 N–H and O–H groups in total. The maximum atomic E-state index is 12.5.